The third kappa shape index (κ3) is 3.50. The molecule has 3 heteroatoms. The maximum Gasteiger partial charge on any atom is 0.123 e. The molecule has 0 spiro atoms. The van der Waals surface area contributed by atoms with Gasteiger partial charge in [-0.2, -0.15) is 0 Å². The monoisotopic (exact) mass is 542 g/mol. The fourth-order valence-electron chi connectivity index (χ4n) is 7.29. The number of rotatable bonds is 3. The van der Waals surface area contributed by atoms with E-state index < -0.39 is 0 Å². The molecule has 3 heterocycles. The van der Waals surface area contributed by atoms with Gasteiger partial charge in [0, 0.05) is 33.9 Å². The van der Waals surface area contributed by atoms with Gasteiger partial charge in [-0.1, -0.05) is 72.8 Å². The molecule has 2 nitrogen and oxygen atoms in total. The van der Waals surface area contributed by atoms with Gasteiger partial charge in [-0.15, -0.1) is 0 Å². The summed E-state index contributed by atoms with van der Waals surface area (Å²) in [7, 11) is 0. The number of hydrogen-bond donors (Lipinski definition) is 0. The molecular weight excluding hydrogens is 515 g/mol. The summed E-state index contributed by atoms with van der Waals surface area (Å²) in [5, 5.41) is 2.51. The first kappa shape index (κ1) is 23.5. The maximum absolute atomic E-state index is 13.8. The van der Waals surface area contributed by atoms with Crippen molar-refractivity contribution in [3.8, 4) is 27.9 Å². The Balaban J connectivity index is 1.15. The average Bonchev–Trinajstić information content (AvgIpc) is 3.68. The molecule has 0 saturated carbocycles. The first-order chi connectivity index (χ1) is 20.7. The van der Waals surface area contributed by atoms with E-state index in [0.29, 0.717) is 6.04 Å². The molecule has 7 aromatic rings. The highest BCUT2D eigenvalue weighted by Gasteiger charge is 2.37. The summed E-state index contributed by atoms with van der Waals surface area (Å²) in [5.41, 5.74) is 13.4. The van der Waals surface area contributed by atoms with E-state index >= 15 is 0 Å². The lowest BCUT2D eigenvalue weighted by Crippen LogP contribution is -2.22. The second kappa shape index (κ2) is 8.92. The van der Waals surface area contributed by atoms with Crippen LogP contribution in [0.1, 0.15) is 11.1 Å². The second-order valence-electron chi connectivity index (χ2n) is 11.5. The van der Waals surface area contributed by atoms with Crippen LogP contribution in [0, 0.1) is 5.82 Å². The normalized spacial score (nSPS) is 15.3. The highest BCUT2D eigenvalue weighted by Crippen LogP contribution is 2.47. The van der Waals surface area contributed by atoms with Crippen LogP contribution in [0.5, 0.6) is 0 Å². The molecule has 0 saturated heterocycles. The summed E-state index contributed by atoms with van der Waals surface area (Å²) in [6.45, 7) is 0. The van der Waals surface area contributed by atoms with E-state index in [4.69, 9.17) is 0 Å². The SMILES string of the molecule is Fc1ccc2c(c1)CC1Cc3cc(-c4ccc5c(c4)c4ccccc4n5-c4cccc(-c5ccccc5)c4)ccc3N21. The van der Waals surface area contributed by atoms with Crippen LogP contribution < -0.4 is 4.90 Å². The van der Waals surface area contributed by atoms with Gasteiger partial charge in [0.05, 0.1) is 11.0 Å². The third-order valence-corrected chi connectivity index (χ3v) is 9.13. The first-order valence-corrected chi connectivity index (χ1v) is 14.6. The first-order valence-electron chi connectivity index (χ1n) is 14.6. The van der Waals surface area contributed by atoms with Crippen molar-refractivity contribution in [2.24, 2.45) is 0 Å². The van der Waals surface area contributed by atoms with E-state index in [2.05, 4.69) is 125 Å². The molecule has 0 bridgehead atoms. The number of halogens is 1. The summed E-state index contributed by atoms with van der Waals surface area (Å²) in [6.07, 6.45) is 1.88. The molecule has 2 aliphatic rings. The molecule has 9 rings (SSSR count). The summed E-state index contributed by atoms with van der Waals surface area (Å²) >= 11 is 0. The number of anilines is 2. The van der Waals surface area contributed by atoms with E-state index in [1.54, 1.807) is 12.1 Å². The summed E-state index contributed by atoms with van der Waals surface area (Å²) in [5.74, 6) is -0.147. The Kier molecular flexibility index (Phi) is 5.00. The molecule has 200 valence electrons. The minimum Gasteiger partial charge on any atom is -0.337 e. The van der Waals surface area contributed by atoms with E-state index in [9.17, 15) is 4.39 Å². The second-order valence-corrected chi connectivity index (χ2v) is 11.5. The highest BCUT2D eigenvalue weighted by atomic mass is 19.1. The minimum atomic E-state index is -0.147. The molecule has 1 unspecified atom stereocenters. The quantitative estimate of drug-likeness (QED) is 0.216. The summed E-state index contributed by atoms with van der Waals surface area (Å²) in [4.78, 5) is 2.41. The van der Waals surface area contributed by atoms with E-state index in [1.165, 1.54) is 55.3 Å². The van der Waals surface area contributed by atoms with Crippen molar-refractivity contribution in [1.82, 2.24) is 4.57 Å². The molecule has 0 aliphatic carbocycles. The standard InChI is InChI=1S/C39H27FN2/c40-31-15-18-37-30(20-31)23-33-22-29-19-27(13-16-36(29)42(33)37)28-14-17-39-35(24-28)34-11-4-5-12-38(34)41(39)32-10-6-9-26(21-32)25-7-2-1-3-8-25/h1-21,24,33H,22-23H2. The summed E-state index contributed by atoms with van der Waals surface area (Å²) < 4.78 is 16.2. The predicted molar refractivity (Wildman–Crippen MR) is 171 cm³/mol. The van der Waals surface area contributed by atoms with Crippen LogP contribution in [0.2, 0.25) is 0 Å². The van der Waals surface area contributed by atoms with Crippen LogP contribution in [0.4, 0.5) is 15.8 Å². The van der Waals surface area contributed by atoms with E-state index in [1.807, 2.05) is 6.07 Å². The van der Waals surface area contributed by atoms with Gasteiger partial charge in [-0.25, -0.2) is 4.39 Å². The van der Waals surface area contributed by atoms with Crippen molar-refractivity contribution in [3.63, 3.8) is 0 Å². The van der Waals surface area contributed by atoms with Crippen LogP contribution in [-0.4, -0.2) is 10.6 Å². The molecule has 0 radical (unpaired) electrons. The molecule has 2 aliphatic heterocycles. The Bertz CT molecular complexity index is 2180. The van der Waals surface area contributed by atoms with Crippen molar-refractivity contribution in [2.75, 3.05) is 4.90 Å². The topological polar surface area (TPSA) is 8.17 Å². The van der Waals surface area contributed by atoms with Gasteiger partial charge in [0.15, 0.2) is 0 Å². The Morgan fingerprint density at radius 1 is 0.500 bits per heavy atom. The Morgan fingerprint density at radius 3 is 2.05 bits per heavy atom. The van der Waals surface area contributed by atoms with E-state index in [0.717, 1.165) is 29.8 Å². The Labute approximate surface area is 243 Å². The van der Waals surface area contributed by atoms with Crippen LogP contribution in [0.25, 0.3) is 49.7 Å². The molecule has 42 heavy (non-hydrogen) atoms. The van der Waals surface area contributed by atoms with Crippen molar-refractivity contribution in [2.45, 2.75) is 18.9 Å². The fraction of sp³-hybridized carbons (Fsp3) is 0.0769. The van der Waals surface area contributed by atoms with Gasteiger partial charge in [-0.05, 0) is 107 Å². The maximum atomic E-state index is 13.8. The lowest BCUT2D eigenvalue weighted by molar-refractivity contribution is 0.625. The molecule has 0 amide bonds. The van der Waals surface area contributed by atoms with Crippen LogP contribution >= 0.6 is 0 Å². The van der Waals surface area contributed by atoms with E-state index in [-0.39, 0.29) is 5.82 Å². The lowest BCUT2D eigenvalue weighted by atomic mass is 9.98. The fourth-order valence-corrected chi connectivity index (χ4v) is 7.29. The van der Waals surface area contributed by atoms with Gasteiger partial charge in [0.1, 0.15) is 5.82 Å². The molecular formula is C39H27FN2. The number of fused-ring (bicyclic) bond motifs is 8. The van der Waals surface area contributed by atoms with Crippen LogP contribution in [0.15, 0.2) is 133 Å². The predicted octanol–water partition coefficient (Wildman–Crippen LogP) is 9.88. The molecule has 1 atom stereocenters. The molecule has 1 aromatic heterocycles. The molecule has 0 N–H and O–H groups in total. The third-order valence-electron chi connectivity index (χ3n) is 9.13. The number of para-hydroxylation sites is 1. The van der Waals surface area contributed by atoms with Gasteiger partial charge < -0.3 is 9.47 Å². The summed E-state index contributed by atoms with van der Waals surface area (Å²) in [6, 6.07) is 47.4. The Hall–Kier alpha value is -5.15. The van der Waals surface area contributed by atoms with Crippen molar-refractivity contribution >= 4 is 33.2 Å². The zero-order chi connectivity index (χ0) is 27.8. The Morgan fingerprint density at radius 2 is 1.17 bits per heavy atom. The van der Waals surface area contributed by atoms with Gasteiger partial charge in [0.25, 0.3) is 0 Å². The average molecular weight is 543 g/mol. The van der Waals surface area contributed by atoms with Gasteiger partial charge >= 0.3 is 0 Å². The smallest absolute Gasteiger partial charge is 0.123 e. The van der Waals surface area contributed by atoms with Gasteiger partial charge in [0.2, 0.25) is 0 Å². The number of aromatic nitrogens is 1. The molecule has 0 fully saturated rings. The zero-order valence-corrected chi connectivity index (χ0v) is 23.0. The van der Waals surface area contributed by atoms with Crippen molar-refractivity contribution < 1.29 is 4.39 Å². The van der Waals surface area contributed by atoms with Gasteiger partial charge in [-0.3, -0.25) is 0 Å². The largest absolute Gasteiger partial charge is 0.337 e. The van der Waals surface area contributed by atoms with Crippen molar-refractivity contribution in [3.05, 3.63) is 150 Å². The minimum absolute atomic E-state index is 0.147. The number of hydrogen-bond acceptors (Lipinski definition) is 1. The highest BCUT2D eigenvalue weighted by molar-refractivity contribution is 6.10. The molecule has 6 aromatic carbocycles. The van der Waals surface area contributed by atoms with Crippen molar-refractivity contribution in [1.29, 1.82) is 0 Å². The van der Waals surface area contributed by atoms with Crippen LogP contribution in [0.3, 0.4) is 0 Å². The lowest BCUT2D eigenvalue weighted by Gasteiger charge is -2.20. The van der Waals surface area contributed by atoms with Crippen LogP contribution in [-0.2, 0) is 12.8 Å². The zero-order valence-electron chi connectivity index (χ0n) is 23.0. The number of nitrogens with zero attached hydrogens (tertiary/aromatic N) is 2. The number of benzene rings is 6.